The predicted molar refractivity (Wildman–Crippen MR) is 56.9 cm³/mol. The lowest BCUT2D eigenvalue weighted by Crippen LogP contribution is -2.17. The number of hydrogen-bond donors (Lipinski definition) is 2. The van der Waals surface area contributed by atoms with Crippen LogP contribution in [0.15, 0.2) is 18.2 Å². The lowest BCUT2D eigenvalue weighted by Gasteiger charge is -2.16. The van der Waals surface area contributed by atoms with Gasteiger partial charge in [0.2, 0.25) is 0 Å². The normalized spacial score (nSPS) is 13.5. The molecule has 0 aliphatic heterocycles. The number of rotatable bonds is 4. The van der Waals surface area contributed by atoms with Gasteiger partial charge in [-0.25, -0.2) is 4.39 Å². The third-order valence-corrected chi connectivity index (χ3v) is 2.35. The van der Waals surface area contributed by atoms with E-state index in [4.69, 9.17) is 10.5 Å². The molecule has 0 saturated heterocycles. The molecule has 1 rings (SSSR count). The number of halogens is 1. The molecule has 17 heavy (non-hydrogen) atoms. The number of aliphatic hydroxyl groups is 2. The lowest BCUT2D eigenvalue weighted by molar-refractivity contribution is 0.0215. The van der Waals surface area contributed by atoms with Crippen molar-refractivity contribution in [2.45, 2.75) is 25.0 Å². The molecule has 1 aromatic carbocycles. The molecule has 2 N–H and O–H groups in total. The van der Waals surface area contributed by atoms with Crippen molar-refractivity contribution in [3.63, 3.8) is 0 Å². The highest BCUT2D eigenvalue weighted by Gasteiger charge is 2.19. The summed E-state index contributed by atoms with van der Waals surface area (Å²) in [7, 11) is 0. The first-order valence-electron chi connectivity index (χ1n) is 4.98. The van der Waals surface area contributed by atoms with Crippen LogP contribution in [0.2, 0.25) is 0 Å². The Bertz CT molecular complexity index is 476. The highest BCUT2D eigenvalue weighted by molar-refractivity contribution is 5.29. The molecule has 0 aromatic heterocycles. The molecule has 2 unspecified atom stereocenters. The Labute approximate surface area is 98.2 Å². The summed E-state index contributed by atoms with van der Waals surface area (Å²) in [5.74, 6) is -0.530. The number of nitriles is 2. The van der Waals surface area contributed by atoms with Gasteiger partial charge in [-0.05, 0) is 17.7 Å². The van der Waals surface area contributed by atoms with Crippen LogP contribution in [0.3, 0.4) is 0 Å². The highest BCUT2D eigenvalue weighted by Crippen LogP contribution is 2.21. The van der Waals surface area contributed by atoms with E-state index < -0.39 is 18.0 Å². The first kappa shape index (κ1) is 13.1. The smallest absolute Gasteiger partial charge is 0.127 e. The Balaban J connectivity index is 2.96. The first-order valence-corrected chi connectivity index (χ1v) is 4.98. The maximum absolute atomic E-state index is 13.2. The zero-order valence-corrected chi connectivity index (χ0v) is 8.97. The minimum Gasteiger partial charge on any atom is -0.389 e. The van der Waals surface area contributed by atoms with Crippen LogP contribution in [0.5, 0.6) is 0 Å². The maximum atomic E-state index is 13.2. The van der Waals surface area contributed by atoms with E-state index in [9.17, 15) is 14.6 Å². The van der Waals surface area contributed by atoms with Gasteiger partial charge in [-0.1, -0.05) is 6.07 Å². The van der Waals surface area contributed by atoms with Crippen LogP contribution < -0.4 is 0 Å². The van der Waals surface area contributed by atoms with Crippen molar-refractivity contribution in [3.05, 3.63) is 35.1 Å². The van der Waals surface area contributed by atoms with E-state index in [1.54, 1.807) is 6.07 Å². The summed E-state index contributed by atoms with van der Waals surface area (Å²) in [5.41, 5.74) is 0.451. The van der Waals surface area contributed by atoms with Crippen LogP contribution in [0.1, 0.15) is 23.7 Å². The van der Waals surface area contributed by atoms with Gasteiger partial charge in [0.25, 0.3) is 0 Å². The Morgan fingerprint density at radius 1 is 1.24 bits per heavy atom. The van der Waals surface area contributed by atoms with Crippen LogP contribution in [-0.2, 0) is 6.42 Å². The predicted octanol–water partition coefficient (Wildman–Crippen LogP) is 1.20. The highest BCUT2D eigenvalue weighted by atomic mass is 19.1. The monoisotopic (exact) mass is 234 g/mol. The number of hydrogen-bond acceptors (Lipinski definition) is 4. The Morgan fingerprint density at radius 2 is 1.94 bits per heavy atom. The topological polar surface area (TPSA) is 88.0 Å². The van der Waals surface area contributed by atoms with E-state index in [1.165, 1.54) is 12.1 Å². The summed E-state index contributed by atoms with van der Waals surface area (Å²) in [5, 5.41) is 36.0. The summed E-state index contributed by atoms with van der Waals surface area (Å²) in [4.78, 5) is 0. The summed E-state index contributed by atoms with van der Waals surface area (Å²) in [6.07, 6.45) is -2.81. The van der Waals surface area contributed by atoms with E-state index >= 15 is 0 Å². The van der Waals surface area contributed by atoms with Gasteiger partial charge in [-0.3, -0.25) is 0 Å². The SMILES string of the molecule is N#CCc1cc(C(O)C(O)CC#N)ccc1F. The van der Waals surface area contributed by atoms with Crippen molar-refractivity contribution in [2.75, 3.05) is 0 Å². The standard InChI is InChI=1S/C12H11FN2O2/c13-10-2-1-9(7-8(10)3-5-14)12(17)11(16)4-6-15/h1-2,7,11-12,16-17H,3-4H2. The van der Waals surface area contributed by atoms with Crippen molar-refractivity contribution in [2.24, 2.45) is 0 Å². The second-order valence-electron chi connectivity index (χ2n) is 3.56. The maximum Gasteiger partial charge on any atom is 0.127 e. The molecule has 88 valence electrons. The molecule has 0 radical (unpaired) electrons. The van der Waals surface area contributed by atoms with E-state index in [2.05, 4.69) is 0 Å². The van der Waals surface area contributed by atoms with Gasteiger partial charge in [0.15, 0.2) is 0 Å². The third-order valence-electron chi connectivity index (χ3n) is 2.35. The summed E-state index contributed by atoms with van der Waals surface area (Å²) >= 11 is 0. The zero-order chi connectivity index (χ0) is 12.8. The van der Waals surface area contributed by atoms with Crippen LogP contribution in [0.4, 0.5) is 4.39 Å². The molecule has 0 aliphatic carbocycles. The largest absolute Gasteiger partial charge is 0.389 e. The van der Waals surface area contributed by atoms with Gasteiger partial charge in [0.05, 0.1) is 31.1 Å². The summed E-state index contributed by atoms with van der Waals surface area (Å²) < 4.78 is 13.2. The number of nitrogens with zero attached hydrogens (tertiary/aromatic N) is 2. The first-order chi connectivity index (χ1) is 8.10. The van der Waals surface area contributed by atoms with E-state index in [0.717, 1.165) is 6.07 Å². The van der Waals surface area contributed by atoms with Crippen molar-refractivity contribution in [3.8, 4) is 12.1 Å². The van der Waals surface area contributed by atoms with Crippen molar-refractivity contribution in [1.82, 2.24) is 0 Å². The number of benzene rings is 1. The quantitative estimate of drug-likeness (QED) is 0.819. The molecular weight excluding hydrogens is 223 g/mol. The molecule has 2 atom stereocenters. The fraction of sp³-hybridized carbons (Fsp3) is 0.333. The zero-order valence-electron chi connectivity index (χ0n) is 8.97. The van der Waals surface area contributed by atoms with Gasteiger partial charge in [-0.15, -0.1) is 0 Å². The van der Waals surface area contributed by atoms with Gasteiger partial charge >= 0.3 is 0 Å². The van der Waals surface area contributed by atoms with Crippen LogP contribution in [0.25, 0.3) is 0 Å². The molecule has 0 spiro atoms. The lowest BCUT2D eigenvalue weighted by atomic mass is 9.99. The average molecular weight is 234 g/mol. The van der Waals surface area contributed by atoms with Crippen molar-refractivity contribution < 1.29 is 14.6 Å². The van der Waals surface area contributed by atoms with Gasteiger partial charge < -0.3 is 10.2 Å². The van der Waals surface area contributed by atoms with Crippen LogP contribution >= 0.6 is 0 Å². The molecule has 0 bridgehead atoms. The number of aliphatic hydroxyl groups excluding tert-OH is 2. The Hall–Kier alpha value is -1.95. The van der Waals surface area contributed by atoms with Gasteiger partial charge in [0.1, 0.15) is 11.9 Å². The molecule has 0 amide bonds. The second kappa shape index (κ2) is 5.95. The molecule has 0 heterocycles. The Kier molecular flexibility index (Phi) is 4.59. The Morgan fingerprint density at radius 3 is 2.53 bits per heavy atom. The third kappa shape index (κ3) is 3.25. The molecule has 5 heteroatoms. The van der Waals surface area contributed by atoms with E-state index in [-0.39, 0.29) is 18.4 Å². The molecular formula is C12H11FN2O2. The second-order valence-corrected chi connectivity index (χ2v) is 3.56. The van der Waals surface area contributed by atoms with Gasteiger partial charge in [-0.2, -0.15) is 10.5 Å². The summed E-state index contributed by atoms with van der Waals surface area (Å²) in [6.45, 7) is 0. The molecule has 0 saturated carbocycles. The van der Waals surface area contributed by atoms with E-state index in [0.29, 0.717) is 5.56 Å². The fourth-order valence-electron chi connectivity index (χ4n) is 1.43. The van der Waals surface area contributed by atoms with Gasteiger partial charge in [0, 0.05) is 5.56 Å². The minimum atomic E-state index is -1.26. The molecule has 0 aliphatic rings. The van der Waals surface area contributed by atoms with Crippen LogP contribution in [-0.4, -0.2) is 16.3 Å². The summed E-state index contributed by atoms with van der Waals surface area (Å²) in [6, 6.07) is 7.32. The van der Waals surface area contributed by atoms with Crippen LogP contribution in [0, 0.1) is 28.5 Å². The average Bonchev–Trinajstić information content (AvgIpc) is 2.31. The molecule has 1 aromatic rings. The van der Waals surface area contributed by atoms with Crippen molar-refractivity contribution >= 4 is 0 Å². The molecule has 0 fully saturated rings. The van der Waals surface area contributed by atoms with E-state index in [1.807, 2.05) is 6.07 Å². The minimum absolute atomic E-state index is 0.110. The van der Waals surface area contributed by atoms with Crippen molar-refractivity contribution in [1.29, 1.82) is 10.5 Å². The fourth-order valence-corrected chi connectivity index (χ4v) is 1.43. The molecule has 4 nitrogen and oxygen atoms in total.